The second kappa shape index (κ2) is 46.0. The minimum atomic E-state index is 0.320. The zero-order valence-electron chi connectivity index (χ0n) is 37.9. The monoisotopic (exact) mass is 787 g/mol. The molecule has 4 N–H and O–H groups in total. The molecule has 0 aliphatic heterocycles. The van der Waals surface area contributed by atoms with Crippen LogP contribution in [-0.4, -0.2) is 60.9 Å². The lowest BCUT2D eigenvalue weighted by atomic mass is 10.1. The zero-order valence-corrected chi connectivity index (χ0v) is 37.9. The summed E-state index contributed by atoms with van der Waals surface area (Å²) in [4.78, 5) is 30.2. The van der Waals surface area contributed by atoms with Gasteiger partial charge in [-0.15, -0.1) is 0 Å². The number of carbonyl (C=O) groups is 2. The van der Waals surface area contributed by atoms with Gasteiger partial charge in [-0.2, -0.15) is 0 Å². The molecule has 6 nitrogen and oxygen atoms in total. The molecule has 0 radical (unpaired) electrons. The lowest BCUT2D eigenvalue weighted by molar-refractivity contribution is -0.132. The van der Waals surface area contributed by atoms with Crippen LogP contribution >= 0.6 is 0 Å². The number of allylic oxidation sites excluding steroid dienone is 4. The van der Waals surface area contributed by atoms with Gasteiger partial charge in [-0.3, -0.25) is 9.59 Å². The molecule has 0 saturated carbocycles. The standard InChI is InChI=1S/C50H98N4O2/c1-3-5-7-9-11-13-15-17-19-21-23-25-27-31-35-41-49(55)53(47-39-43-51)45-37-33-29-30-34-38-46-54(48-40-44-52)50(56)42-36-32-28-26-24-22-20-18-16-14-12-10-8-6-4-2/h17-20H,3-16,21-48,51-52H2,1-2H3/b19-17-,20-18-. The van der Waals surface area contributed by atoms with Crippen molar-refractivity contribution >= 4 is 11.8 Å². The van der Waals surface area contributed by atoms with Gasteiger partial charge >= 0.3 is 0 Å². The average Bonchev–Trinajstić information content (AvgIpc) is 3.20. The van der Waals surface area contributed by atoms with Crippen molar-refractivity contribution in [2.45, 2.75) is 245 Å². The molecule has 0 aromatic carbocycles. The summed E-state index contributed by atoms with van der Waals surface area (Å²) in [6.45, 7) is 9.15. The van der Waals surface area contributed by atoms with Crippen LogP contribution < -0.4 is 11.5 Å². The van der Waals surface area contributed by atoms with Crippen LogP contribution in [0.1, 0.15) is 245 Å². The second-order valence-electron chi connectivity index (χ2n) is 16.8. The van der Waals surface area contributed by atoms with E-state index in [0.29, 0.717) is 37.7 Å². The molecular weight excluding hydrogens is 689 g/mol. The third-order valence-electron chi connectivity index (χ3n) is 11.4. The van der Waals surface area contributed by atoms with Crippen molar-refractivity contribution in [1.29, 1.82) is 0 Å². The van der Waals surface area contributed by atoms with E-state index in [1.165, 1.54) is 154 Å². The maximum absolute atomic E-state index is 13.0. The van der Waals surface area contributed by atoms with Crippen molar-refractivity contribution in [2.75, 3.05) is 39.3 Å². The summed E-state index contributed by atoms with van der Waals surface area (Å²) in [5, 5.41) is 0. The Balaban J connectivity index is 3.99. The maximum Gasteiger partial charge on any atom is 0.222 e. The summed E-state index contributed by atoms with van der Waals surface area (Å²) in [5.74, 6) is 0.639. The van der Waals surface area contributed by atoms with Gasteiger partial charge in [0.2, 0.25) is 11.8 Å². The molecule has 2 amide bonds. The predicted octanol–water partition coefficient (Wildman–Crippen LogP) is 13.8. The molecule has 0 bridgehead atoms. The Morgan fingerprint density at radius 3 is 0.893 bits per heavy atom. The largest absolute Gasteiger partial charge is 0.343 e. The molecule has 0 saturated heterocycles. The zero-order chi connectivity index (χ0) is 40.8. The fourth-order valence-corrected chi connectivity index (χ4v) is 7.61. The van der Waals surface area contributed by atoms with Crippen molar-refractivity contribution in [3.8, 4) is 0 Å². The first-order valence-electron chi connectivity index (χ1n) is 24.9. The van der Waals surface area contributed by atoms with Gasteiger partial charge in [0.05, 0.1) is 0 Å². The highest BCUT2D eigenvalue weighted by Crippen LogP contribution is 2.15. The van der Waals surface area contributed by atoms with Crippen molar-refractivity contribution < 1.29 is 9.59 Å². The molecule has 6 heteroatoms. The van der Waals surface area contributed by atoms with Gasteiger partial charge < -0.3 is 21.3 Å². The summed E-state index contributed by atoms with van der Waals surface area (Å²) in [6.07, 6.45) is 52.7. The van der Waals surface area contributed by atoms with Crippen molar-refractivity contribution in [3.63, 3.8) is 0 Å². The van der Waals surface area contributed by atoms with Gasteiger partial charge in [-0.05, 0) is 103 Å². The molecule has 0 aromatic rings. The maximum atomic E-state index is 13.0. The number of nitrogens with zero attached hydrogens (tertiary/aromatic N) is 2. The molecule has 330 valence electrons. The van der Waals surface area contributed by atoms with Crippen molar-refractivity contribution in [1.82, 2.24) is 9.80 Å². The van der Waals surface area contributed by atoms with Gasteiger partial charge in [0.1, 0.15) is 0 Å². The first kappa shape index (κ1) is 54.3. The second-order valence-corrected chi connectivity index (χ2v) is 16.8. The van der Waals surface area contributed by atoms with Crippen LogP contribution in [0.5, 0.6) is 0 Å². The van der Waals surface area contributed by atoms with Crippen LogP contribution in [0.4, 0.5) is 0 Å². The molecule has 0 heterocycles. The van der Waals surface area contributed by atoms with Crippen molar-refractivity contribution in [2.24, 2.45) is 11.5 Å². The van der Waals surface area contributed by atoms with E-state index in [1.54, 1.807) is 0 Å². The molecule has 0 spiro atoms. The highest BCUT2D eigenvalue weighted by Gasteiger charge is 2.14. The Labute approximate surface area is 350 Å². The Bertz CT molecular complexity index is 805. The molecule has 56 heavy (non-hydrogen) atoms. The van der Waals surface area contributed by atoms with Crippen LogP contribution in [0.2, 0.25) is 0 Å². The van der Waals surface area contributed by atoms with Gasteiger partial charge in [-0.25, -0.2) is 0 Å². The Hall–Kier alpha value is -1.66. The predicted molar refractivity (Wildman–Crippen MR) is 247 cm³/mol. The molecule has 0 atom stereocenters. The molecular formula is C50H98N4O2. The smallest absolute Gasteiger partial charge is 0.222 e. The summed E-state index contributed by atoms with van der Waals surface area (Å²) < 4.78 is 0. The van der Waals surface area contributed by atoms with E-state index < -0.39 is 0 Å². The minimum absolute atomic E-state index is 0.320. The Morgan fingerprint density at radius 2 is 0.589 bits per heavy atom. The lowest BCUT2D eigenvalue weighted by Crippen LogP contribution is -2.33. The van der Waals surface area contributed by atoms with E-state index in [9.17, 15) is 9.59 Å². The average molecular weight is 787 g/mol. The Morgan fingerprint density at radius 1 is 0.339 bits per heavy atom. The highest BCUT2D eigenvalue weighted by atomic mass is 16.2. The molecule has 0 aromatic heterocycles. The van der Waals surface area contributed by atoms with Crippen LogP contribution in [-0.2, 0) is 9.59 Å². The number of unbranched alkanes of at least 4 members (excludes halogenated alkanes) is 27. The van der Waals surface area contributed by atoms with Crippen LogP contribution in [0, 0.1) is 0 Å². The fraction of sp³-hybridized carbons (Fsp3) is 0.880. The van der Waals surface area contributed by atoms with E-state index in [2.05, 4.69) is 48.0 Å². The normalized spacial score (nSPS) is 11.7. The summed E-state index contributed by atoms with van der Waals surface area (Å²) >= 11 is 0. The van der Waals surface area contributed by atoms with E-state index in [0.717, 1.165) is 90.4 Å². The van der Waals surface area contributed by atoms with Gasteiger partial charge in [0.15, 0.2) is 0 Å². The Kier molecular flexibility index (Phi) is 44.7. The first-order valence-corrected chi connectivity index (χ1v) is 24.9. The first-order chi connectivity index (χ1) is 27.6. The lowest BCUT2D eigenvalue weighted by Gasteiger charge is -2.23. The molecule has 0 rings (SSSR count). The van der Waals surface area contributed by atoms with Crippen LogP contribution in [0.3, 0.4) is 0 Å². The minimum Gasteiger partial charge on any atom is -0.343 e. The summed E-state index contributed by atoms with van der Waals surface area (Å²) in [5.41, 5.74) is 11.6. The quantitative estimate of drug-likeness (QED) is 0.0475. The SMILES string of the molecule is CCCCCCCC/C=C\CCCCCCCC(=O)N(CCCN)CCCCCCCCN(CCCN)C(=O)CCCCCCC/C=C\CCCCCCCC. The fourth-order valence-electron chi connectivity index (χ4n) is 7.61. The summed E-state index contributed by atoms with van der Waals surface area (Å²) in [7, 11) is 0. The third kappa shape index (κ3) is 39.2. The van der Waals surface area contributed by atoms with Gasteiger partial charge in [0.25, 0.3) is 0 Å². The summed E-state index contributed by atoms with van der Waals surface area (Å²) in [6, 6.07) is 0. The number of carbonyl (C=O) groups excluding carboxylic acids is 2. The van der Waals surface area contributed by atoms with E-state index in [1.807, 2.05) is 0 Å². The molecule has 0 unspecified atom stereocenters. The van der Waals surface area contributed by atoms with E-state index >= 15 is 0 Å². The van der Waals surface area contributed by atoms with Gasteiger partial charge in [0, 0.05) is 39.0 Å². The van der Waals surface area contributed by atoms with E-state index in [-0.39, 0.29) is 0 Å². The van der Waals surface area contributed by atoms with E-state index in [4.69, 9.17) is 11.5 Å². The van der Waals surface area contributed by atoms with Gasteiger partial charge in [-0.1, -0.05) is 167 Å². The highest BCUT2D eigenvalue weighted by molar-refractivity contribution is 5.76. The molecule has 0 fully saturated rings. The topological polar surface area (TPSA) is 92.7 Å². The molecule has 0 aliphatic carbocycles. The number of nitrogens with two attached hydrogens (primary N) is 2. The molecule has 0 aliphatic rings. The van der Waals surface area contributed by atoms with Crippen LogP contribution in [0.25, 0.3) is 0 Å². The number of hydrogen-bond acceptors (Lipinski definition) is 4. The van der Waals surface area contributed by atoms with Crippen molar-refractivity contribution in [3.05, 3.63) is 24.3 Å². The number of rotatable bonds is 45. The number of hydrogen-bond donors (Lipinski definition) is 2. The number of amides is 2. The van der Waals surface area contributed by atoms with Crippen LogP contribution in [0.15, 0.2) is 24.3 Å². The third-order valence-corrected chi connectivity index (χ3v) is 11.4.